The quantitative estimate of drug-likeness (QED) is 0.875. The molecule has 6 nitrogen and oxygen atoms in total. The van der Waals surface area contributed by atoms with Gasteiger partial charge in [-0.15, -0.1) is 0 Å². The molecule has 1 fully saturated rings. The van der Waals surface area contributed by atoms with Crippen LogP contribution < -0.4 is 0 Å². The molecule has 2 amide bonds. The van der Waals surface area contributed by atoms with Crippen LogP contribution >= 0.6 is 0 Å². The molecule has 2 aromatic rings. The van der Waals surface area contributed by atoms with Crippen LogP contribution in [-0.4, -0.2) is 64.5 Å². The number of aromatic nitrogens is 1. The van der Waals surface area contributed by atoms with E-state index in [-0.39, 0.29) is 11.8 Å². The van der Waals surface area contributed by atoms with Crippen molar-refractivity contribution in [2.45, 2.75) is 12.8 Å². The highest BCUT2D eigenvalue weighted by atomic mass is 16.3. The second kappa shape index (κ2) is 6.83. The van der Waals surface area contributed by atoms with E-state index in [4.69, 9.17) is 5.11 Å². The van der Waals surface area contributed by atoms with Gasteiger partial charge in [0, 0.05) is 49.7 Å². The van der Waals surface area contributed by atoms with Gasteiger partial charge >= 0.3 is 0 Å². The van der Waals surface area contributed by atoms with Gasteiger partial charge in [-0.05, 0) is 18.1 Å². The molecule has 2 N–H and O–H groups in total. The van der Waals surface area contributed by atoms with Crippen LogP contribution in [0, 0.1) is 0 Å². The Balaban J connectivity index is 1.53. The Hall–Kier alpha value is -2.34. The number of aromatic amines is 1. The van der Waals surface area contributed by atoms with E-state index in [9.17, 15) is 9.59 Å². The minimum Gasteiger partial charge on any atom is -0.387 e. The molecule has 1 aromatic carbocycles. The molecule has 0 aliphatic carbocycles. The van der Waals surface area contributed by atoms with Gasteiger partial charge in [-0.2, -0.15) is 0 Å². The van der Waals surface area contributed by atoms with Crippen molar-refractivity contribution in [3.63, 3.8) is 0 Å². The first-order valence-electron chi connectivity index (χ1n) is 7.90. The summed E-state index contributed by atoms with van der Waals surface area (Å²) in [5.74, 6) is -0.151. The third-order valence-electron chi connectivity index (χ3n) is 4.40. The molecule has 0 unspecified atom stereocenters. The average Bonchev–Trinajstić information content (AvgIpc) is 3.02. The first kappa shape index (κ1) is 15.6. The van der Waals surface area contributed by atoms with Crippen molar-refractivity contribution >= 4 is 22.7 Å². The van der Waals surface area contributed by atoms with Crippen LogP contribution in [0.15, 0.2) is 30.5 Å². The first-order valence-corrected chi connectivity index (χ1v) is 7.90. The number of hydrogen-bond donors (Lipinski definition) is 2. The van der Waals surface area contributed by atoms with E-state index in [1.165, 1.54) is 5.39 Å². The molecule has 0 saturated carbocycles. The van der Waals surface area contributed by atoms with Crippen molar-refractivity contribution in [3.8, 4) is 0 Å². The van der Waals surface area contributed by atoms with Crippen molar-refractivity contribution in [1.82, 2.24) is 14.8 Å². The van der Waals surface area contributed by atoms with E-state index >= 15 is 0 Å². The Labute approximate surface area is 134 Å². The van der Waals surface area contributed by atoms with E-state index in [2.05, 4.69) is 11.1 Å². The van der Waals surface area contributed by atoms with Crippen LogP contribution in [0.1, 0.15) is 12.0 Å². The van der Waals surface area contributed by atoms with Crippen molar-refractivity contribution in [1.29, 1.82) is 0 Å². The molecule has 2 heterocycles. The van der Waals surface area contributed by atoms with Crippen molar-refractivity contribution in [3.05, 3.63) is 36.0 Å². The number of H-pyrrole nitrogens is 1. The fraction of sp³-hybridized carbons (Fsp3) is 0.412. The van der Waals surface area contributed by atoms with E-state index < -0.39 is 6.61 Å². The molecule has 0 spiro atoms. The summed E-state index contributed by atoms with van der Waals surface area (Å²) >= 11 is 0. The van der Waals surface area contributed by atoms with Gasteiger partial charge in [-0.3, -0.25) is 9.59 Å². The number of rotatable bonds is 4. The topological polar surface area (TPSA) is 76.6 Å². The van der Waals surface area contributed by atoms with E-state index in [1.807, 2.05) is 24.4 Å². The number of fused-ring (bicyclic) bond motifs is 1. The number of aliphatic hydroxyl groups is 1. The van der Waals surface area contributed by atoms with Crippen LogP contribution in [0.4, 0.5) is 0 Å². The standard InChI is InChI=1S/C17H21N3O3/c21-12-17(23)20-9-7-19(8-10-20)16(22)6-5-13-11-18-15-4-2-1-3-14(13)15/h1-4,11,18,21H,5-10,12H2. The molecular weight excluding hydrogens is 294 g/mol. The average molecular weight is 315 g/mol. The van der Waals surface area contributed by atoms with Gasteiger partial charge in [0.15, 0.2) is 0 Å². The lowest BCUT2D eigenvalue weighted by Gasteiger charge is -2.34. The largest absolute Gasteiger partial charge is 0.387 e. The van der Waals surface area contributed by atoms with Gasteiger partial charge in [-0.1, -0.05) is 18.2 Å². The summed E-state index contributed by atoms with van der Waals surface area (Å²) in [7, 11) is 0. The minimum atomic E-state index is -0.464. The smallest absolute Gasteiger partial charge is 0.248 e. The lowest BCUT2D eigenvalue weighted by Crippen LogP contribution is -2.51. The predicted molar refractivity (Wildman–Crippen MR) is 86.9 cm³/mol. The van der Waals surface area contributed by atoms with Crippen molar-refractivity contribution < 1.29 is 14.7 Å². The Morgan fingerprint density at radius 3 is 2.39 bits per heavy atom. The number of benzene rings is 1. The third-order valence-corrected chi connectivity index (χ3v) is 4.40. The number of carbonyl (C=O) groups excluding carboxylic acids is 2. The SMILES string of the molecule is O=C(CO)N1CCN(C(=O)CCc2c[nH]c3ccccc23)CC1. The highest BCUT2D eigenvalue weighted by molar-refractivity contribution is 5.84. The molecule has 0 radical (unpaired) electrons. The summed E-state index contributed by atoms with van der Waals surface area (Å²) in [6, 6.07) is 8.07. The first-order chi connectivity index (χ1) is 11.2. The molecular formula is C17H21N3O3. The van der Waals surface area contributed by atoms with Crippen molar-refractivity contribution in [2.75, 3.05) is 32.8 Å². The molecule has 6 heteroatoms. The van der Waals surface area contributed by atoms with Crippen LogP contribution in [0.5, 0.6) is 0 Å². The van der Waals surface area contributed by atoms with Crippen LogP contribution in [0.25, 0.3) is 10.9 Å². The van der Waals surface area contributed by atoms with Gasteiger partial charge in [0.25, 0.3) is 0 Å². The number of nitrogens with one attached hydrogen (secondary N) is 1. The maximum absolute atomic E-state index is 12.3. The van der Waals surface area contributed by atoms with Gasteiger partial charge < -0.3 is 19.9 Å². The summed E-state index contributed by atoms with van der Waals surface area (Å²) in [5, 5.41) is 10.0. The van der Waals surface area contributed by atoms with Crippen LogP contribution in [0.2, 0.25) is 0 Å². The summed E-state index contributed by atoms with van der Waals surface area (Å²) < 4.78 is 0. The highest BCUT2D eigenvalue weighted by Gasteiger charge is 2.23. The van der Waals surface area contributed by atoms with Gasteiger partial charge in [-0.25, -0.2) is 0 Å². The lowest BCUT2D eigenvalue weighted by molar-refractivity contribution is -0.141. The Morgan fingerprint density at radius 2 is 1.70 bits per heavy atom. The summed E-state index contributed by atoms with van der Waals surface area (Å²) in [4.78, 5) is 30.4. The predicted octanol–water partition coefficient (Wildman–Crippen LogP) is 0.764. The fourth-order valence-corrected chi connectivity index (χ4v) is 3.04. The Morgan fingerprint density at radius 1 is 1.04 bits per heavy atom. The molecule has 122 valence electrons. The third kappa shape index (κ3) is 3.37. The number of amides is 2. The molecule has 0 atom stereocenters. The molecule has 3 rings (SSSR count). The maximum Gasteiger partial charge on any atom is 0.248 e. The number of nitrogens with zero attached hydrogens (tertiary/aromatic N) is 2. The highest BCUT2D eigenvalue weighted by Crippen LogP contribution is 2.19. The van der Waals surface area contributed by atoms with Gasteiger partial charge in [0.05, 0.1) is 0 Å². The Bertz CT molecular complexity index is 702. The van der Waals surface area contributed by atoms with E-state index in [1.54, 1.807) is 9.80 Å². The molecule has 1 aliphatic heterocycles. The number of aryl methyl sites for hydroxylation is 1. The fourth-order valence-electron chi connectivity index (χ4n) is 3.04. The second-order valence-electron chi connectivity index (χ2n) is 5.78. The summed E-state index contributed by atoms with van der Waals surface area (Å²) in [6.45, 7) is 1.61. The van der Waals surface area contributed by atoms with E-state index in [0.717, 1.165) is 11.1 Å². The molecule has 1 aliphatic rings. The summed E-state index contributed by atoms with van der Waals surface area (Å²) in [6.07, 6.45) is 3.14. The molecule has 0 bridgehead atoms. The second-order valence-corrected chi connectivity index (χ2v) is 5.78. The van der Waals surface area contributed by atoms with Crippen molar-refractivity contribution in [2.24, 2.45) is 0 Å². The molecule has 23 heavy (non-hydrogen) atoms. The van der Waals surface area contributed by atoms with Gasteiger partial charge in [0.2, 0.25) is 11.8 Å². The zero-order valence-corrected chi connectivity index (χ0v) is 13.0. The normalized spacial score (nSPS) is 15.2. The Kier molecular flexibility index (Phi) is 4.62. The van der Waals surface area contributed by atoms with Gasteiger partial charge in [0.1, 0.15) is 6.61 Å². The monoisotopic (exact) mass is 315 g/mol. The molecule has 1 aromatic heterocycles. The number of para-hydroxylation sites is 1. The molecule has 1 saturated heterocycles. The zero-order chi connectivity index (χ0) is 16.2. The minimum absolute atomic E-state index is 0.117. The maximum atomic E-state index is 12.3. The summed E-state index contributed by atoms with van der Waals surface area (Å²) in [5.41, 5.74) is 2.24. The number of carbonyl (C=O) groups is 2. The number of piperazine rings is 1. The van der Waals surface area contributed by atoms with Crippen LogP contribution in [-0.2, 0) is 16.0 Å². The van der Waals surface area contributed by atoms with Crippen LogP contribution in [0.3, 0.4) is 0 Å². The zero-order valence-electron chi connectivity index (χ0n) is 13.0. The number of aliphatic hydroxyl groups excluding tert-OH is 1. The lowest BCUT2D eigenvalue weighted by atomic mass is 10.1. The van der Waals surface area contributed by atoms with E-state index in [0.29, 0.717) is 39.0 Å². The number of hydrogen-bond acceptors (Lipinski definition) is 3.